The predicted molar refractivity (Wildman–Crippen MR) is 93.3 cm³/mol. The SMILES string of the molecule is O=C(Cc1c(F)c(F)c(F)c(F)c1F)N(c1ccccc1)c1cc(O)ccc1O. The minimum absolute atomic E-state index is 0.127. The van der Waals surface area contributed by atoms with E-state index in [0.29, 0.717) is 0 Å². The van der Waals surface area contributed by atoms with Gasteiger partial charge in [0, 0.05) is 17.3 Å². The van der Waals surface area contributed by atoms with Crippen molar-refractivity contribution >= 4 is 17.3 Å². The molecule has 0 fully saturated rings. The van der Waals surface area contributed by atoms with E-state index in [-0.39, 0.29) is 17.1 Å². The molecule has 3 aromatic carbocycles. The molecule has 150 valence electrons. The number of phenols is 2. The van der Waals surface area contributed by atoms with E-state index in [1.807, 2.05) is 0 Å². The van der Waals surface area contributed by atoms with Crippen LogP contribution in [0.3, 0.4) is 0 Å². The second-order valence-electron chi connectivity index (χ2n) is 5.96. The van der Waals surface area contributed by atoms with E-state index in [1.54, 1.807) is 6.07 Å². The maximum Gasteiger partial charge on any atom is 0.236 e. The first kappa shape index (κ1) is 20.1. The van der Waals surface area contributed by atoms with Crippen molar-refractivity contribution in [1.82, 2.24) is 0 Å². The molecule has 3 rings (SSSR count). The molecule has 0 aliphatic rings. The Hall–Kier alpha value is -3.62. The number of rotatable bonds is 4. The zero-order chi connectivity index (χ0) is 21.3. The smallest absolute Gasteiger partial charge is 0.236 e. The summed E-state index contributed by atoms with van der Waals surface area (Å²) in [5.74, 6) is -12.8. The van der Waals surface area contributed by atoms with Gasteiger partial charge in [0.05, 0.1) is 12.1 Å². The summed E-state index contributed by atoms with van der Waals surface area (Å²) in [7, 11) is 0. The van der Waals surface area contributed by atoms with E-state index < -0.39 is 52.7 Å². The van der Waals surface area contributed by atoms with Gasteiger partial charge in [-0.25, -0.2) is 22.0 Å². The first-order valence-electron chi connectivity index (χ1n) is 8.12. The van der Waals surface area contributed by atoms with Gasteiger partial charge in [-0.15, -0.1) is 0 Å². The molecule has 4 nitrogen and oxygen atoms in total. The number of amides is 1. The van der Waals surface area contributed by atoms with Crippen molar-refractivity contribution in [2.45, 2.75) is 6.42 Å². The highest BCUT2D eigenvalue weighted by Gasteiger charge is 2.29. The lowest BCUT2D eigenvalue weighted by Crippen LogP contribution is -2.28. The molecule has 0 aromatic heterocycles. The van der Waals surface area contributed by atoms with Gasteiger partial charge in [-0.2, -0.15) is 0 Å². The number of aromatic hydroxyl groups is 2. The fourth-order valence-electron chi connectivity index (χ4n) is 2.72. The van der Waals surface area contributed by atoms with Crippen LogP contribution in [0.5, 0.6) is 11.5 Å². The maximum atomic E-state index is 14.0. The lowest BCUT2D eigenvalue weighted by Gasteiger charge is -2.24. The second kappa shape index (κ2) is 7.78. The van der Waals surface area contributed by atoms with Crippen LogP contribution in [-0.2, 0) is 11.2 Å². The number of nitrogens with zero attached hydrogens (tertiary/aromatic N) is 1. The van der Waals surface area contributed by atoms with Gasteiger partial charge in [0.1, 0.15) is 11.5 Å². The molecule has 0 aliphatic carbocycles. The molecule has 0 bridgehead atoms. The Labute approximate surface area is 161 Å². The summed E-state index contributed by atoms with van der Waals surface area (Å²) in [6.45, 7) is 0. The van der Waals surface area contributed by atoms with Crippen molar-refractivity contribution in [3.63, 3.8) is 0 Å². The maximum absolute atomic E-state index is 14.0. The highest BCUT2D eigenvalue weighted by Crippen LogP contribution is 2.36. The predicted octanol–water partition coefficient (Wildman–Crippen LogP) is 4.70. The lowest BCUT2D eigenvalue weighted by atomic mass is 10.1. The Morgan fingerprint density at radius 3 is 1.93 bits per heavy atom. The van der Waals surface area contributed by atoms with Gasteiger partial charge in [-0.3, -0.25) is 9.69 Å². The van der Waals surface area contributed by atoms with Crippen molar-refractivity contribution in [2.75, 3.05) is 4.90 Å². The number of benzene rings is 3. The van der Waals surface area contributed by atoms with Gasteiger partial charge in [0.15, 0.2) is 23.3 Å². The van der Waals surface area contributed by atoms with Gasteiger partial charge in [-0.05, 0) is 24.3 Å². The molecular weight excluding hydrogens is 397 g/mol. The monoisotopic (exact) mass is 409 g/mol. The summed E-state index contributed by atoms with van der Waals surface area (Å²) in [5, 5.41) is 19.8. The van der Waals surface area contributed by atoms with Gasteiger partial charge in [0.2, 0.25) is 11.7 Å². The van der Waals surface area contributed by atoms with E-state index >= 15 is 0 Å². The van der Waals surface area contributed by atoms with Crippen molar-refractivity contribution in [3.8, 4) is 11.5 Å². The Balaban J connectivity index is 2.12. The molecule has 0 atom stereocenters. The normalized spacial score (nSPS) is 10.8. The second-order valence-corrected chi connectivity index (χ2v) is 5.96. The van der Waals surface area contributed by atoms with E-state index in [0.717, 1.165) is 23.1 Å². The van der Waals surface area contributed by atoms with Crippen LogP contribution in [0.1, 0.15) is 5.56 Å². The number of carbonyl (C=O) groups is 1. The van der Waals surface area contributed by atoms with E-state index in [2.05, 4.69) is 0 Å². The first-order chi connectivity index (χ1) is 13.7. The van der Waals surface area contributed by atoms with Crippen LogP contribution in [0.25, 0.3) is 0 Å². The van der Waals surface area contributed by atoms with Crippen LogP contribution < -0.4 is 4.90 Å². The Bertz CT molecular complexity index is 1060. The van der Waals surface area contributed by atoms with Gasteiger partial charge < -0.3 is 10.2 Å². The van der Waals surface area contributed by atoms with Crippen molar-refractivity contribution in [2.24, 2.45) is 0 Å². The topological polar surface area (TPSA) is 60.8 Å². The van der Waals surface area contributed by atoms with Gasteiger partial charge >= 0.3 is 0 Å². The molecule has 9 heteroatoms. The summed E-state index contributed by atoms with van der Waals surface area (Å²) in [6, 6.07) is 10.7. The third-order valence-electron chi connectivity index (χ3n) is 4.09. The van der Waals surface area contributed by atoms with E-state index in [1.165, 1.54) is 24.3 Å². The number of halogens is 5. The van der Waals surface area contributed by atoms with Crippen molar-refractivity contribution in [3.05, 3.63) is 83.2 Å². The summed E-state index contributed by atoms with van der Waals surface area (Å²) in [5.41, 5.74) is -1.43. The van der Waals surface area contributed by atoms with Crippen molar-refractivity contribution < 1.29 is 37.0 Å². The third-order valence-corrected chi connectivity index (χ3v) is 4.09. The third kappa shape index (κ3) is 3.71. The highest BCUT2D eigenvalue weighted by molar-refractivity contribution is 6.03. The van der Waals surface area contributed by atoms with E-state index in [4.69, 9.17) is 0 Å². The molecule has 0 saturated carbocycles. The fourth-order valence-corrected chi connectivity index (χ4v) is 2.72. The first-order valence-corrected chi connectivity index (χ1v) is 8.12. The van der Waals surface area contributed by atoms with Gasteiger partial charge in [-0.1, -0.05) is 18.2 Å². The van der Waals surface area contributed by atoms with Crippen LogP contribution in [0, 0.1) is 29.1 Å². The number of carbonyl (C=O) groups excluding carboxylic acids is 1. The molecule has 2 N–H and O–H groups in total. The van der Waals surface area contributed by atoms with Crippen LogP contribution in [0.15, 0.2) is 48.5 Å². The molecule has 0 unspecified atom stereocenters. The lowest BCUT2D eigenvalue weighted by molar-refractivity contribution is -0.117. The van der Waals surface area contributed by atoms with Crippen molar-refractivity contribution in [1.29, 1.82) is 0 Å². The molecule has 0 heterocycles. The quantitative estimate of drug-likeness (QED) is 0.284. The minimum atomic E-state index is -2.33. The molecule has 0 spiro atoms. The Kier molecular flexibility index (Phi) is 5.40. The summed E-state index contributed by atoms with van der Waals surface area (Å²) < 4.78 is 68.1. The number of phenolic OH excluding ortho intramolecular Hbond substituents is 2. The van der Waals surface area contributed by atoms with Crippen LogP contribution in [-0.4, -0.2) is 16.1 Å². The number of anilines is 2. The molecule has 1 amide bonds. The molecule has 0 aliphatic heterocycles. The standard InChI is InChI=1S/C20H12F5NO3/c21-16-12(17(22)19(24)20(25)18(16)23)9-15(29)26(10-4-2-1-3-5-10)13-8-11(27)6-7-14(13)28/h1-8,27-28H,9H2. The fraction of sp³-hybridized carbons (Fsp3) is 0.0500. The zero-order valence-electron chi connectivity index (χ0n) is 14.5. The summed E-state index contributed by atoms with van der Waals surface area (Å²) in [4.78, 5) is 13.6. The number of hydrogen-bond acceptors (Lipinski definition) is 3. The number of hydrogen-bond donors (Lipinski definition) is 2. The Morgan fingerprint density at radius 2 is 1.34 bits per heavy atom. The van der Waals surface area contributed by atoms with Crippen LogP contribution in [0.2, 0.25) is 0 Å². The minimum Gasteiger partial charge on any atom is -0.508 e. The van der Waals surface area contributed by atoms with Gasteiger partial charge in [0.25, 0.3) is 0 Å². The zero-order valence-corrected chi connectivity index (χ0v) is 14.5. The largest absolute Gasteiger partial charge is 0.508 e. The average Bonchev–Trinajstić information content (AvgIpc) is 2.72. The molecule has 0 radical (unpaired) electrons. The molecule has 3 aromatic rings. The molecule has 29 heavy (non-hydrogen) atoms. The summed E-state index contributed by atoms with van der Waals surface area (Å²) in [6.07, 6.45) is -1.20. The molecule has 0 saturated heterocycles. The number of para-hydroxylation sites is 1. The van der Waals surface area contributed by atoms with Crippen LogP contribution in [0.4, 0.5) is 33.3 Å². The average molecular weight is 409 g/mol. The van der Waals surface area contributed by atoms with Crippen LogP contribution >= 0.6 is 0 Å². The Morgan fingerprint density at radius 1 is 0.793 bits per heavy atom. The van der Waals surface area contributed by atoms with E-state index in [9.17, 15) is 37.0 Å². The molecular formula is C20H12F5NO3. The highest BCUT2D eigenvalue weighted by atomic mass is 19.2. The summed E-state index contributed by atoms with van der Waals surface area (Å²) >= 11 is 0.